The van der Waals surface area contributed by atoms with Gasteiger partial charge in [-0.05, 0) is 18.9 Å². The molecule has 82 valence electrons. The first-order chi connectivity index (χ1) is 6.66. The quantitative estimate of drug-likeness (QED) is 0.456. The fourth-order valence-electron chi connectivity index (χ4n) is 0.937. The number of hydrogen-bond donors (Lipinski definition) is 2. The number of amides is 1. The van der Waals surface area contributed by atoms with Crippen LogP contribution in [0.15, 0.2) is 12.7 Å². The third-order valence-electron chi connectivity index (χ3n) is 1.76. The van der Waals surface area contributed by atoms with Crippen LogP contribution in [0.2, 0.25) is 0 Å². The Labute approximate surface area is 87.0 Å². The zero-order chi connectivity index (χ0) is 10.8. The maximum Gasteiger partial charge on any atom is 0.221 e. The third kappa shape index (κ3) is 9.26. The minimum Gasteiger partial charge on any atom is -0.356 e. The summed E-state index contributed by atoms with van der Waals surface area (Å²) < 4.78 is 0. The minimum atomic E-state index is 0.129. The highest BCUT2D eigenvalue weighted by Gasteiger charge is 2.00. The van der Waals surface area contributed by atoms with E-state index in [4.69, 9.17) is 0 Å². The van der Waals surface area contributed by atoms with Crippen LogP contribution in [0.25, 0.3) is 0 Å². The lowest BCUT2D eigenvalue weighted by Crippen LogP contribution is -2.30. The summed E-state index contributed by atoms with van der Waals surface area (Å²) in [6, 6.07) is 0. The molecule has 0 fully saturated rings. The highest BCUT2D eigenvalue weighted by molar-refractivity contribution is 5.76. The molecule has 0 saturated carbocycles. The molecule has 0 aliphatic rings. The maximum atomic E-state index is 11.2. The van der Waals surface area contributed by atoms with Gasteiger partial charge in [0.25, 0.3) is 0 Å². The standard InChI is InChI=1S/C11H22N2O/c1-4-5-7-12-8-6-11(14)13-9-10(2)3/h4,10,12H,1,5-9H2,2-3H3,(H,13,14). The van der Waals surface area contributed by atoms with Crippen molar-refractivity contribution in [2.24, 2.45) is 5.92 Å². The number of carbonyl (C=O) groups excluding carboxylic acids is 1. The zero-order valence-corrected chi connectivity index (χ0v) is 9.31. The van der Waals surface area contributed by atoms with Crippen LogP contribution in [0.4, 0.5) is 0 Å². The Morgan fingerprint density at radius 1 is 1.43 bits per heavy atom. The number of carbonyl (C=O) groups is 1. The summed E-state index contributed by atoms with van der Waals surface area (Å²) in [6.07, 6.45) is 3.38. The Hall–Kier alpha value is -0.830. The van der Waals surface area contributed by atoms with Crippen LogP contribution in [-0.2, 0) is 4.79 Å². The van der Waals surface area contributed by atoms with Gasteiger partial charge in [0.05, 0.1) is 0 Å². The van der Waals surface area contributed by atoms with Crippen molar-refractivity contribution in [3.05, 3.63) is 12.7 Å². The summed E-state index contributed by atoms with van der Waals surface area (Å²) in [4.78, 5) is 11.2. The van der Waals surface area contributed by atoms with Gasteiger partial charge >= 0.3 is 0 Å². The van der Waals surface area contributed by atoms with Gasteiger partial charge in [0.2, 0.25) is 5.91 Å². The molecule has 0 spiro atoms. The van der Waals surface area contributed by atoms with E-state index in [1.807, 2.05) is 6.08 Å². The Bertz CT molecular complexity index is 167. The summed E-state index contributed by atoms with van der Waals surface area (Å²) in [5.41, 5.74) is 0. The van der Waals surface area contributed by atoms with Crippen LogP contribution in [0, 0.1) is 5.92 Å². The predicted molar refractivity (Wildman–Crippen MR) is 60.1 cm³/mol. The van der Waals surface area contributed by atoms with Gasteiger partial charge in [-0.15, -0.1) is 6.58 Å². The van der Waals surface area contributed by atoms with Crippen molar-refractivity contribution in [1.29, 1.82) is 0 Å². The van der Waals surface area contributed by atoms with Crippen molar-refractivity contribution in [2.75, 3.05) is 19.6 Å². The van der Waals surface area contributed by atoms with Crippen molar-refractivity contribution in [1.82, 2.24) is 10.6 Å². The van der Waals surface area contributed by atoms with E-state index >= 15 is 0 Å². The topological polar surface area (TPSA) is 41.1 Å². The zero-order valence-electron chi connectivity index (χ0n) is 9.31. The van der Waals surface area contributed by atoms with Gasteiger partial charge in [0.15, 0.2) is 0 Å². The number of hydrogen-bond acceptors (Lipinski definition) is 2. The van der Waals surface area contributed by atoms with Gasteiger partial charge < -0.3 is 10.6 Å². The monoisotopic (exact) mass is 198 g/mol. The van der Waals surface area contributed by atoms with Crippen molar-refractivity contribution in [3.8, 4) is 0 Å². The van der Waals surface area contributed by atoms with E-state index in [1.54, 1.807) is 0 Å². The van der Waals surface area contributed by atoms with E-state index in [0.29, 0.717) is 12.3 Å². The van der Waals surface area contributed by atoms with E-state index in [2.05, 4.69) is 31.1 Å². The van der Waals surface area contributed by atoms with Gasteiger partial charge in [-0.2, -0.15) is 0 Å². The summed E-state index contributed by atoms with van der Waals surface area (Å²) in [6.45, 7) is 10.2. The van der Waals surface area contributed by atoms with Crippen LogP contribution < -0.4 is 10.6 Å². The fraction of sp³-hybridized carbons (Fsp3) is 0.727. The minimum absolute atomic E-state index is 0.129. The van der Waals surface area contributed by atoms with Crippen LogP contribution >= 0.6 is 0 Å². The van der Waals surface area contributed by atoms with Gasteiger partial charge in [-0.1, -0.05) is 19.9 Å². The normalized spacial score (nSPS) is 10.2. The molecular weight excluding hydrogens is 176 g/mol. The number of rotatable bonds is 8. The Balaban J connectivity index is 3.22. The van der Waals surface area contributed by atoms with Gasteiger partial charge in [0.1, 0.15) is 0 Å². The van der Waals surface area contributed by atoms with E-state index in [0.717, 1.165) is 26.1 Å². The smallest absolute Gasteiger partial charge is 0.221 e. The first-order valence-electron chi connectivity index (χ1n) is 5.25. The Morgan fingerprint density at radius 2 is 2.14 bits per heavy atom. The lowest BCUT2D eigenvalue weighted by Gasteiger charge is -2.07. The molecule has 0 heterocycles. The van der Waals surface area contributed by atoms with Crippen molar-refractivity contribution in [3.63, 3.8) is 0 Å². The average molecular weight is 198 g/mol. The maximum absolute atomic E-state index is 11.2. The first-order valence-corrected chi connectivity index (χ1v) is 5.25. The Morgan fingerprint density at radius 3 is 2.71 bits per heavy atom. The van der Waals surface area contributed by atoms with Crippen molar-refractivity contribution >= 4 is 5.91 Å². The van der Waals surface area contributed by atoms with Gasteiger partial charge in [-0.25, -0.2) is 0 Å². The summed E-state index contributed by atoms with van der Waals surface area (Å²) in [5.74, 6) is 0.650. The Kier molecular flexibility index (Phi) is 8.24. The van der Waals surface area contributed by atoms with E-state index in [-0.39, 0.29) is 5.91 Å². The molecular formula is C11H22N2O. The van der Waals surface area contributed by atoms with E-state index < -0.39 is 0 Å². The fourth-order valence-corrected chi connectivity index (χ4v) is 0.937. The molecule has 0 atom stereocenters. The van der Waals surface area contributed by atoms with E-state index in [1.165, 1.54) is 0 Å². The molecule has 2 N–H and O–H groups in total. The summed E-state index contributed by atoms with van der Waals surface area (Å²) in [7, 11) is 0. The largest absolute Gasteiger partial charge is 0.356 e. The third-order valence-corrected chi connectivity index (χ3v) is 1.76. The molecule has 0 unspecified atom stereocenters. The summed E-state index contributed by atoms with van der Waals surface area (Å²) >= 11 is 0. The molecule has 0 aliphatic heterocycles. The molecule has 3 heteroatoms. The second-order valence-electron chi connectivity index (χ2n) is 3.78. The molecule has 0 bridgehead atoms. The molecule has 0 aromatic heterocycles. The molecule has 3 nitrogen and oxygen atoms in total. The molecule has 1 amide bonds. The van der Waals surface area contributed by atoms with E-state index in [9.17, 15) is 4.79 Å². The molecule has 0 radical (unpaired) electrons. The SMILES string of the molecule is C=CCCNCCC(=O)NCC(C)C. The second-order valence-corrected chi connectivity index (χ2v) is 3.78. The molecule has 0 rings (SSSR count). The van der Waals surface area contributed by atoms with Crippen molar-refractivity contribution in [2.45, 2.75) is 26.7 Å². The molecule has 0 aromatic rings. The highest BCUT2D eigenvalue weighted by Crippen LogP contribution is 1.88. The van der Waals surface area contributed by atoms with Crippen LogP contribution in [0.3, 0.4) is 0 Å². The lowest BCUT2D eigenvalue weighted by atomic mass is 10.2. The van der Waals surface area contributed by atoms with Crippen LogP contribution in [0.5, 0.6) is 0 Å². The average Bonchev–Trinajstić information content (AvgIpc) is 2.14. The summed E-state index contributed by atoms with van der Waals surface area (Å²) in [5, 5.41) is 6.05. The van der Waals surface area contributed by atoms with Gasteiger partial charge in [0, 0.05) is 19.5 Å². The van der Waals surface area contributed by atoms with Crippen LogP contribution in [0.1, 0.15) is 26.7 Å². The van der Waals surface area contributed by atoms with Gasteiger partial charge in [-0.3, -0.25) is 4.79 Å². The molecule has 0 saturated heterocycles. The number of nitrogens with one attached hydrogen (secondary N) is 2. The predicted octanol–water partition coefficient (Wildman–Crippen LogP) is 1.31. The molecule has 14 heavy (non-hydrogen) atoms. The second kappa shape index (κ2) is 8.75. The molecule has 0 aromatic carbocycles. The lowest BCUT2D eigenvalue weighted by molar-refractivity contribution is -0.121. The molecule has 0 aliphatic carbocycles. The van der Waals surface area contributed by atoms with Crippen LogP contribution in [-0.4, -0.2) is 25.5 Å². The highest BCUT2D eigenvalue weighted by atomic mass is 16.1. The van der Waals surface area contributed by atoms with Crippen molar-refractivity contribution < 1.29 is 4.79 Å². The first kappa shape index (κ1) is 13.2.